The molecule has 1 aromatic carbocycles. The van der Waals surface area contributed by atoms with Crippen molar-refractivity contribution in [3.8, 4) is 0 Å². The molecule has 0 saturated carbocycles. The van der Waals surface area contributed by atoms with Crippen molar-refractivity contribution >= 4 is 23.6 Å². The first-order valence-electron chi connectivity index (χ1n) is 6.44. The highest BCUT2D eigenvalue weighted by molar-refractivity contribution is 7.97. The Morgan fingerprint density at radius 2 is 2.29 bits per heavy atom. The maximum absolute atomic E-state index is 13.6. The van der Waals surface area contributed by atoms with Crippen molar-refractivity contribution in [2.45, 2.75) is 11.9 Å². The van der Waals surface area contributed by atoms with Crippen LogP contribution < -0.4 is 0 Å². The molecule has 1 aliphatic rings. The number of rotatable bonds is 4. The van der Waals surface area contributed by atoms with Crippen LogP contribution in [0.4, 0.5) is 4.39 Å². The van der Waals surface area contributed by atoms with Crippen molar-refractivity contribution in [3.63, 3.8) is 0 Å². The molecule has 1 aliphatic heterocycles. The van der Waals surface area contributed by atoms with Crippen molar-refractivity contribution in [2.24, 2.45) is 0 Å². The predicted octanol–water partition coefficient (Wildman–Crippen LogP) is 1.61. The Morgan fingerprint density at radius 3 is 2.95 bits per heavy atom. The first kappa shape index (κ1) is 15.8. The van der Waals surface area contributed by atoms with Crippen molar-refractivity contribution < 1.29 is 23.8 Å². The average Bonchev–Trinajstić information content (AvgIpc) is 2.49. The van der Waals surface area contributed by atoms with E-state index in [4.69, 9.17) is 9.84 Å². The smallest absolute Gasteiger partial charge is 0.334 e. The van der Waals surface area contributed by atoms with E-state index in [1.807, 2.05) is 6.26 Å². The number of hydrogen-bond donors (Lipinski definition) is 1. The van der Waals surface area contributed by atoms with Crippen LogP contribution in [0.15, 0.2) is 18.2 Å². The molecule has 7 heteroatoms. The molecule has 0 aliphatic carbocycles. The molecule has 1 amide bonds. The third-order valence-electron chi connectivity index (χ3n) is 3.22. The van der Waals surface area contributed by atoms with Crippen LogP contribution >= 0.6 is 11.8 Å². The fourth-order valence-electron chi connectivity index (χ4n) is 2.14. The summed E-state index contributed by atoms with van der Waals surface area (Å²) < 4.78 is 18.7. The van der Waals surface area contributed by atoms with Gasteiger partial charge in [-0.1, -0.05) is 0 Å². The molecule has 1 N–H and O–H groups in total. The SMILES string of the molecule is CSCc1cc(C(=O)N2CCO[C@@H](C(=O)O)C2)ccc1F. The summed E-state index contributed by atoms with van der Waals surface area (Å²) in [6.07, 6.45) is 0.849. The van der Waals surface area contributed by atoms with Crippen LogP contribution in [-0.2, 0) is 15.3 Å². The lowest BCUT2D eigenvalue weighted by molar-refractivity contribution is -0.154. The molecule has 1 atom stereocenters. The normalized spacial score (nSPS) is 18.6. The summed E-state index contributed by atoms with van der Waals surface area (Å²) in [7, 11) is 0. The van der Waals surface area contributed by atoms with E-state index in [1.165, 1.54) is 34.9 Å². The molecule has 114 valence electrons. The lowest BCUT2D eigenvalue weighted by Crippen LogP contribution is -2.48. The minimum absolute atomic E-state index is 0.00338. The average molecular weight is 313 g/mol. The van der Waals surface area contributed by atoms with Gasteiger partial charge in [0, 0.05) is 17.9 Å². The number of nitrogens with zero attached hydrogens (tertiary/aromatic N) is 1. The van der Waals surface area contributed by atoms with Gasteiger partial charge in [0.15, 0.2) is 6.10 Å². The molecule has 0 unspecified atom stereocenters. The van der Waals surface area contributed by atoms with Gasteiger partial charge in [-0.3, -0.25) is 4.79 Å². The highest BCUT2D eigenvalue weighted by Crippen LogP contribution is 2.18. The zero-order chi connectivity index (χ0) is 15.4. The third kappa shape index (κ3) is 3.74. The van der Waals surface area contributed by atoms with Crippen molar-refractivity contribution in [3.05, 3.63) is 35.1 Å². The number of ether oxygens (including phenoxy) is 1. The van der Waals surface area contributed by atoms with Gasteiger partial charge in [0.25, 0.3) is 5.91 Å². The largest absolute Gasteiger partial charge is 0.479 e. The van der Waals surface area contributed by atoms with Crippen LogP contribution in [0.2, 0.25) is 0 Å². The minimum atomic E-state index is -1.09. The second-order valence-corrected chi connectivity index (χ2v) is 5.55. The van der Waals surface area contributed by atoms with Crippen molar-refractivity contribution in [2.75, 3.05) is 26.0 Å². The Morgan fingerprint density at radius 1 is 1.52 bits per heavy atom. The summed E-state index contributed by atoms with van der Waals surface area (Å²) in [5.41, 5.74) is 0.836. The quantitative estimate of drug-likeness (QED) is 0.915. The maximum atomic E-state index is 13.6. The van der Waals surface area contributed by atoms with Crippen LogP contribution in [0.3, 0.4) is 0 Å². The molecule has 0 spiro atoms. The highest BCUT2D eigenvalue weighted by atomic mass is 32.2. The summed E-state index contributed by atoms with van der Waals surface area (Å²) in [4.78, 5) is 24.7. The number of morpholine rings is 1. The van der Waals surface area contributed by atoms with Gasteiger partial charge in [-0.2, -0.15) is 11.8 Å². The minimum Gasteiger partial charge on any atom is -0.479 e. The van der Waals surface area contributed by atoms with Gasteiger partial charge in [-0.25, -0.2) is 9.18 Å². The maximum Gasteiger partial charge on any atom is 0.334 e. The van der Waals surface area contributed by atoms with Gasteiger partial charge in [-0.15, -0.1) is 0 Å². The standard InChI is InChI=1S/C14H16FNO4S/c1-21-8-10-6-9(2-3-11(10)15)13(17)16-4-5-20-12(7-16)14(18)19/h2-3,6,12H,4-5,7-8H2,1H3,(H,18,19)/t12-/m1/s1. The fourth-order valence-corrected chi connectivity index (χ4v) is 2.67. The first-order valence-corrected chi connectivity index (χ1v) is 7.83. The molecule has 21 heavy (non-hydrogen) atoms. The van der Waals surface area contributed by atoms with E-state index >= 15 is 0 Å². The Hall–Kier alpha value is -1.60. The Balaban J connectivity index is 2.15. The van der Waals surface area contributed by atoms with E-state index in [1.54, 1.807) is 0 Å². The molecule has 5 nitrogen and oxygen atoms in total. The second kappa shape index (κ2) is 6.91. The van der Waals surface area contributed by atoms with E-state index in [0.717, 1.165) is 0 Å². The van der Waals surface area contributed by atoms with Crippen LogP contribution in [-0.4, -0.2) is 53.9 Å². The third-order valence-corrected chi connectivity index (χ3v) is 3.82. The summed E-state index contributed by atoms with van der Waals surface area (Å²) >= 11 is 1.47. The first-order chi connectivity index (χ1) is 10.0. The van der Waals surface area contributed by atoms with Gasteiger partial charge in [0.1, 0.15) is 5.82 Å². The highest BCUT2D eigenvalue weighted by Gasteiger charge is 2.29. The molecule has 1 fully saturated rings. The molecule has 1 heterocycles. The molecule has 0 bridgehead atoms. The summed E-state index contributed by atoms with van der Waals surface area (Å²) in [6, 6.07) is 4.22. The number of carboxylic acid groups (broad SMARTS) is 1. The fraction of sp³-hybridized carbons (Fsp3) is 0.429. The molecule has 0 radical (unpaired) electrons. The van der Waals surface area contributed by atoms with Crippen LogP contribution in [0, 0.1) is 5.82 Å². The summed E-state index contributed by atoms with van der Waals surface area (Å²) in [5, 5.41) is 8.94. The van der Waals surface area contributed by atoms with Gasteiger partial charge in [0.05, 0.1) is 13.2 Å². The number of hydrogen-bond acceptors (Lipinski definition) is 4. The Labute approximate surface area is 126 Å². The monoisotopic (exact) mass is 313 g/mol. The zero-order valence-electron chi connectivity index (χ0n) is 11.5. The van der Waals surface area contributed by atoms with Crippen LogP contribution in [0.5, 0.6) is 0 Å². The van der Waals surface area contributed by atoms with Gasteiger partial charge >= 0.3 is 5.97 Å². The number of benzene rings is 1. The van der Waals surface area contributed by atoms with E-state index in [9.17, 15) is 14.0 Å². The van der Waals surface area contributed by atoms with E-state index < -0.39 is 12.1 Å². The molecule has 2 rings (SSSR count). The number of thioether (sulfide) groups is 1. The Bertz CT molecular complexity index is 552. The second-order valence-electron chi connectivity index (χ2n) is 4.69. The van der Waals surface area contributed by atoms with Crippen LogP contribution in [0.1, 0.15) is 15.9 Å². The topological polar surface area (TPSA) is 66.8 Å². The predicted molar refractivity (Wildman–Crippen MR) is 76.9 cm³/mol. The van der Waals surface area contributed by atoms with E-state index in [2.05, 4.69) is 0 Å². The zero-order valence-corrected chi connectivity index (χ0v) is 12.4. The summed E-state index contributed by atoms with van der Waals surface area (Å²) in [5.74, 6) is -1.25. The summed E-state index contributed by atoms with van der Waals surface area (Å²) in [6.45, 7) is 0.517. The lowest BCUT2D eigenvalue weighted by atomic mass is 10.1. The number of carboxylic acids is 1. The number of aliphatic carboxylic acids is 1. The van der Waals surface area contributed by atoms with Crippen molar-refractivity contribution in [1.82, 2.24) is 4.90 Å². The van der Waals surface area contributed by atoms with Crippen molar-refractivity contribution in [1.29, 1.82) is 0 Å². The number of amides is 1. The Kier molecular flexibility index (Phi) is 5.19. The van der Waals surface area contributed by atoms with E-state index in [0.29, 0.717) is 23.4 Å². The van der Waals surface area contributed by atoms with Crippen LogP contribution in [0.25, 0.3) is 0 Å². The molecular formula is C14H16FNO4S. The van der Waals surface area contributed by atoms with Gasteiger partial charge < -0.3 is 14.7 Å². The molecule has 1 aromatic rings. The molecule has 0 aromatic heterocycles. The van der Waals surface area contributed by atoms with E-state index in [-0.39, 0.29) is 24.9 Å². The molecular weight excluding hydrogens is 297 g/mol. The number of carbonyl (C=O) groups is 2. The molecule has 1 saturated heterocycles. The van der Waals surface area contributed by atoms with Gasteiger partial charge in [-0.05, 0) is 30.0 Å². The number of carbonyl (C=O) groups excluding carboxylic acids is 1. The number of halogens is 1. The van der Waals surface area contributed by atoms with Gasteiger partial charge in [0.2, 0.25) is 0 Å². The lowest BCUT2D eigenvalue weighted by Gasteiger charge is -2.31.